The summed E-state index contributed by atoms with van der Waals surface area (Å²) in [6, 6.07) is 3.93. The van der Waals surface area contributed by atoms with Crippen LogP contribution in [0.15, 0.2) is 18.3 Å². The molecule has 2 aromatic heterocycles. The molecule has 0 bridgehead atoms. The maximum atomic E-state index is 12.4. The highest BCUT2D eigenvalue weighted by Crippen LogP contribution is 2.25. The molecule has 122 valence electrons. The zero-order valence-electron chi connectivity index (χ0n) is 14.0. The average molecular weight is 313 g/mol. The molecule has 0 aromatic carbocycles. The lowest BCUT2D eigenvalue weighted by Crippen LogP contribution is -2.29. The molecular weight excluding hydrogens is 290 g/mol. The van der Waals surface area contributed by atoms with Gasteiger partial charge in [-0.05, 0) is 39.3 Å². The van der Waals surface area contributed by atoms with Crippen LogP contribution in [0.2, 0.25) is 0 Å². The smallest absolute Gasteiger partial charge is 0.224 e. The summed E-state index contributed by atoms with van der Waals surface area (Å²) in [6.45, 7) is 8.07. The third-order valence-corrected chi connectivity index (χ3v) is 4.23. The van der Waals surface area contributed by atoms with Gasteiger partial charge in [0.2, 0.25) is 5.91 Å². The van der Waals surface area contributed by atoms with E-state index >= 15 is 0 Å². The minimum Gasteiger partial charge on any atom is -0.342 e. The van der Waals surface area contributed by atoms with Crippen LogP contribution < -0.4 is 0 Å². The molecule has 2 aromatic rings. The average Bonchev–Trinajstić information content (AvgIpc) is 3.13. The van der Waals surface area contributed by atoms with Gasteiger partial charge in [-0.3, -0.25) is 9.48 Å². The van der Waals surface area contributed by atoms with Gasteiger partial charge in [0.25, 0.3) is 0 Å². The molecule has 0 saturated carbocycles. The van der Waals surface area contributed by atoms with Gasteiger partial charge < -0.3 is 4.90 Å². The van der Waals surface area contributed by atoms with Crippen molar-refractivity contribution in [3.63, 3.8) is 0 Å². The van der Waals surface area contributed by atoms with Gasteiger partial charge in [-0.1, -0.05) is 0 Å². The van der Waals surface area contributed by atoms with Gasteiger partial charge in [-0.25, -0.2) is 9.97 Å². The molecule has 1 atom stereocenters. The number of aryl methyl sites for hydroxylation is 4. The molecule has 1 unspecified atom stereocenters. The van der Waals surface area contributed by atoms with Gasteiger partial charge in [0.1, 0.15) is 5.82 Å². The zero-order valence-corrected chi connectivity index (χ0v) is 14.0. The van der Waals surface area contributed by atoms with Crippen molar-refractivity contribution in [2.75, 3.05) is 13.1 Å². The van der Waals surface area contributed by atoms with E-state index in [0.29, 0.717) is 13.0 Å². The predicted molar refractivity (Wildman–Crippen MR) is 87.0 cm³/mol. The molecule has 6 heteroatoms. The number of hydrogen-bond acceptors (Lipinski definition) is 4. The van der Waals surface area contributed by atoms with E-state index in [-0.39, 0.29) is 11.8 Å². The first kappa shape index (κ1) is 15.6. The Bertz CT molecular complexity index is 689. The fourth-order valence-corrected chi connectivity index (χ4v) is 3.09. The van der Waals surface area contributed by atoms with Crippen LogP contribution in [0.5, 0.6) is 0 Å². The summed E-state index contributed by atoms with van der Waals surface area (Å²) in [5, 5.41) is 4.32. The number of amides is 1. The van der Waals surface area contributed by atoms with Gasteiger partial charge in [-0.15, -0.1) is 0 Å². The number of rotatable bonds is 4. The molecule has 1 amide bonds. The molecule has 3 heterocycles. The first-order valence-corrected chi connectivity index (χ1v) is 8.11. The van der Waals surface area contributed by atoms with Crippen molar-refractivity contribution in [1.29, 1.82) is 0 Å². The summed E-state index contributed by atoms with van der Waals surface area (Å²) in [5.74, 6) is 1.31. The van der Waals surface area contributed by atoms with E-state index in [0.717, 1.165) is 42.4 Å². The molecular formula is C17H23N5O. The van der Waals surface area contributed by atoms with Crippen molar-refractivity contribution in [1.82, 2.24) is 24.6 Å². The molecule has 0 aliphatic carbocycles. The van der Waals surface area contributed by atoms with E-state index in [4.69, 9.17) is 0 Å². The Kier molecular flexibility index (Phi) is 4.41. The molecule has 1 aliphatic heterocycles. The van der Waals surface area contributed by atoms with Crippen molar-refractivity contribution < 1.29 is 4.79 Å². The van der Waals surface area contributed by atoms with E-state index in [9.17, 15) is 4.79 Å². The van der Waals surface area contributed by atoms with E-state index in [1.807, 2.05) is 48.7 Å². The van der Waals surface area contributed by atoms with Crippen molar-refractivity contribution in [2.24, 2.45) is 0 Å². The second-order valence-electron chi connectivity index (χ2n) is 6.30. The van der Waals surface area contributed by atoms with Crippen molar-refractivity contribution in [2.45, 2.75) is 46.1 Å². The number of likely N-dealkylation sites (tertiary alicyclic amines) is 1. The molecule has 3 rings (SSSR count). The number of nitrogens with zero attached hydrogens (tertiary/aromatic N) is 5. The van der Waals surface area contributed by atoms with Crippen LogP contribution in [0, 0.1) is 20.8 Å². The fraction of sp³-hybridized carbons (Fsp3) is 0.529. The normalized spacial score (nSPS) is 17.7. The maximum absolute atomic E-state index is 12.4. The molecule has 0 radical (unpaired) electrons. The summed E-state index contributed by atoms with van der Waals surface area (Å²) in [6.07, 6.45) is 3.34. The summed E-state index contributed by atoms with van der Waals surface area (Å²) in [5.41, 5.74) is 2.96. The van der Waals surface area contributed by atoms with E-state index in [1.165, 1.54) is 0 Å². The zero-order chi connectivity index (χ0) is 16.4. The van der Waals surface area contributed by atoms with E-state index in [2.05, 4.69) is 15.1 Å². The summed E-state index contributed by atoms with van der Waals surface area (Å²) < 4.78 is 1.83. The Balaban J connectivity index is 1.57. The second kappa shape index (κ2) is 6.48. The van der Waals surface area contributed by atoms with Gasteiger partial charge in [-0.2, -0.15) is 5.10 Å². The fourth-order valence-electron chi connectivity index (χ4n) is 3.09. The first-order chi connectivity index (χ1) is 11.0. The Morgan fingerprint density at radius 2 is 1.96 bits per heavy atom. The minimum absolute atomic E-state index is 0.185. The first-order valence-electron chi connectivity index (χ1n) is 8.11. The lowest BCUT2D eigenvalue weighted by molar-refractivity contribution is -0.130. The quantitative estimate of drug-likeness (QED) is 0.866. The van der Waals surface area contributed by atoms with Gasteiger partial charge in [0.15, 0.2) is 0 Å². The van der Waals surface area contributed by atoms with Crippen LogP contribution >= 0.6 is 0 Å². The SMILES string of the molecule is Cc1cc(C)nc(C2CCN(C(=O)CCn3ccc(C)n3)C2)n1. The highest BCUT2D eigenvalue weighted by molar-refractivity contribution is 5.76. The Hall–Kier alpha value is -2.24. The van der Waals surface area contributed by atoms with Gasteiger partial charge >= 0.3 is 0 Å². The Morgan fingerprint density at radius 1 is 1.22 bits per heavy atom. The van der Waals surface area contributed by atoms with Crippen LogP contribution in [-0.4, -0.2) is 43.6 Å². The van der Waals surface area contributed by atoms with Crippen LogP contribution in [0.3, 0.4) is 0 Å². The molecule has 23 heavy (non-hydrogen) atoms. The number of hydrogen-bond donors (Lipinski definition) is 0. The molecule has 1 fully saturated rings. The predicted octanol–water partition coefficient (Wildman–Crippen LogP) is 2.00. The summed E-state index contributed by atoms with van der Waals surface area (Å²) in [4.78, 5) is 23.4. The van der Waals surface area contributed by atoms with Crippen LogP contribution in [0.4, 0.5) is 0 Å². The maximum Gasteiger partial charge on any atom is 0.224 e. The minimum atomic E-state index is 0.185. The van der Waals surface area contributed by atoms with Crippen LogP contribution in [-0.2, 0) is 11.3 Å². The number of aromatic nitrogens is 4. The summed E-state index contributed by atoms with van der Waals surface area (Å²) >= 11 is 0. The van der Waals surface area contributed by atoms with Crippen molar-refractivity contribution in [3.8, 4) is 0 Å². The van der Waals surface area contributed by atoms with Gasteiger partial charge in [0, 0.05) is 49.6 Å². The second-order valence-corrected chi connectivity index (χ2v) is 6.30. The van der Waals surface area contributed by atoms with Crippen molar-refractivity contribution >= 4 is 5.91 Å². The Morgan fingerprint density at radius 3 is 2.61 bits per heavy atom. The molecule has 1 saturated heterocycles. The number of carbonyl (C=O) groups is 1. The third-order valence-electron chi connectivity index (χ3n) is 4.23. The van der Waals surface area contributed by atoms with Gasteiger partial charge in [0.05, 0.1) is 5.69 Å². The van der Waals surface area contributed by atoms with Crippen LogP contribution in [0.1, 0.15) is 41.7 Å². The molecule has 0 N–H and O–H groups in total. The summed E-state index contributed by atoms with van der Waals surface area (Å²) in [7, 11) is 0. The van der Waals surface area contributed by atoms with E-state index in [1.54, 1.807) is 0 Å². The largest absolute Gasteiger partial charge is 0.342 e. The van der Waals surface area contributed by atoms with Crippen LogP contribution in [0.25, 0.3) is 0 Å². The third kappa shape index (κ3) is 3.75. The highest BCUT2D eigenvalue weighted by atomic mass is 16.2. The highest BCUT2D eigenvalue weighted by Gasteiger charge is 2.29. The molecule has 6 nitrogen and oxygen atoms in total. The lowest BCUT2D eigenvalue weighted by Gasteiger charge is -2.16. The topological polar surface area (TPSA) is 63.9 Å². The Labute approximate surface area is 136 Å². The van der Waals surface area contributed by atoms with Crippen molar-refractivity contribution in [3.05, 3.63) is 41.2 Å². The lowest BCUT2D eigenvalue weighted by atomic mass is 10.1. The number of carbonyl (C=O) groups excluding carboxylic acids is 1. The monoisotopic (exact) mass is 313 g/mol. The van der Waals surface area contributed by atoms with E-state index < -0.39 is 0 Å². The molecule has 1 aliphatic rings. The molecule has 0 spiro atoms. The standard InChI is InChI=1S/C17H23N5O/c1-12-4-8-22(20-12)9-6-16(23)21-7-5-15(11-21)17-18-13(2)10-14(3)19-17/h4,8,10,15H,5-7,9,11H2,1-3H3.